The van der Waals surface area contributed by atoms with Crippen LogP contribution in [-0.2, 0) is 6.54 Å². The Hall–Kier alpha value is -2.30. The summed E-state index contributed by atoms with van der Waals surface area (Å²) in [5, 5.41) is 5.68. The Labute approximate surface area is 98.9 Å². The zero-order valence-corrected chi connectivity index (χ0v) is 9.43. The molecule has 0 aliphatic carbocycles. The molecule has 0 atom stereocenters. The first kappa shape index (κ1) is 11.2. The van der Waals surface area contributed by atoms with Gasteiger partial charge in [-0.2, -0.15) is 0 Å². The zero-order chi connectivity index (χ0) is 12.1. The van der Waals surface area contributed by atoms with Crippen LogP contribution in [0.1, 0.15) is 15.9 Å². The molecule has 2 aromatic rings. The molecule has 0 unspecified atom stereocenters. The number of rotatable bonds is 4. The number of aromatic nitrogens is 1. The van der Waals surface area contributed by atoms with Crippen LogP contribution in [0, 0.1) is 0 Å². The normalized spacial score (nSPS) is 9.94. The molecule has 0 saturated heterocycles. The molecule has 2 rings (SSSR count). The standard InChI is InChI=1S/C12H13N3O2/c1-13-11-10(3-2-5-14-11)12(16)15-7-9-4-6-17-8-9/h2-6,8H,7H2,1H3,(H,13,14)(H,15,16). The van der Waals surface area contributed by atoms with E-state index in [1.54, 1.807) is 37.9 Å². The maximum Gasteiger partial charge on any atom is 0.255 e. The van der Waals surface area contributed by atoms with Crippen molar-refractivity contribution in [2.75, 3.05) is 12.4 Å². The Bertz CT molecular complexity index is 494. The number of amides is 1. The van der Waals surface area contributed by atoms with E-state index in [1.807, 2.05) is 6.07 Å². The highest BCUT2D eigenvalue weighted by molar-refractivity contribution is 5.98. The molecular weight excluding hydrogens is 218 g/mol. The average molecular weight is 231 g/mol. The van der Waals surface area contributed by atoms with E-state index < -0.39 is 0 Å². The number of carbonyl (C=O) groups is 1. The quantitative estimate of drug-likeness (QED) is 0.839. The molecule has 0 saturated carbocycles. The van der Waals surface area contributed by atoms with Crippen molar-refractivity contribution < 1.29 is 9.21 Å². The summed E-state index contributed by atoms with van der Waals surface area (Å²) >= 11 is 0. The lowest BCUT2D eigenvalue weighted by molar-refractivity contribution is 0.0951. The molecule has 0 bridgehead atoms. The van der Waals surface area contributed by atoms with Gasteiger partial charge >= 0.3 is 0 Å². The number of anilines is 1. The van der Waals surface area contributed by atoms with Crippen LogP contribution in [0.2, 0.25) is 0 Å². The molecule has 0 spiro atoms. The van der Waals surface area contributed by atoms with Crippen molar-refractivity contribution in [3.05, 3.63) is 48.0 Å². The lowest BCUT2D eigenvalue weighted by Crippen LogP contribution is -2.23. The van der Waals surface area contributed by atoms with Gasteiger partial charge in [-0.1, -0.05) is 0 Å². The molecule has 2 heterocycles. The van der Waals surface area contributed by atoms with Crippen LogP contribution in [0.15, 0.2) is 41.3 Å². The molecule has 1 amide bonds. The second kappa shape index (κ2) is 5.16. The van der Waals surface area contributed by atoms with Gasteiger partial charge in [-0.25, -0.2) is 4.98 Å². The lowest BCUT2D eigenvalue weighted by Gasteiger charge is -2.07. The van der Waals surface area contributed by atoms with Crippen LogP contribution in [0.3, 0.4) is 0 Å². The smallest absolute Gasteiger partial charge is 0.255 e. The van der Waals surface area contributed by atoms with Gasteiger partial charge in [-0.3, -0.25) is 4.79 Å². The molecule has 88 valence electrons. The van der Waals surface area contributed by atoms with Gasteiger partial charge in [-0.05, 0) is 18.2 Å². The number of hydrogen-bond acceptors (Lipinski definition) is 4. The van der Waals surface area contributed by atoms with Crippen molar-refractivity contribution in [1.29, 1.82) is 0 Å². The van der Waals surface area contributed by atoms with E-state index in [1.165, 1.54) is 0 Å². The van der Waals surface area contributed by atoms with Crippen LogP contribution >= 0.6 is 0 Å². The number of furan rings is 1. The topological polar surface area (TPSA) is 67.2 Å². The molecule has 0 aliphatic heterocycles. The molecule has 2 N–H and O–H groups in total. The second-order valence-corrected chi connectivity index (χ2v) is 3.46. The van der Waals surface area contributed by atoms with E-state index in [9.17, 15) is 4.79 Å². The minimum atomic E-state index is -0.163. The predicted octanol–water partition coefficient (Wildman–Crippen LogP) is 1.65. The Kier molecular flexibility index (Phi) is 3.40. The highest BCUT2D eigenvalue weighted by atomic mass is 16.3. The molecule has 0 aromatic carbocycles. The Morgan fingerprint density at radius 3 is 3.06 bits per heavy atom. The van der Waals surface area contributed by atoms with Crippen LogP contribution in [0.4, 0.5) is 5.82 Å². The number of carbonyl (C=O) groups excluding carboxylic acids is 1. The highest BCUT2D eigenvalue weighted by Crippen LogP contribution is 2.10. The summed E-state index contributed by atoms with van der Waals surface area (Å²) in [5.41, 5.74) is 1.45. The number of pyridine rings is 1. The van der Waals surface area contributed by atoms with Crippen LogP contribution in [0.5, 0.6) is 0 Å². The number of hydrogen-bond donors (Lipinski definition) is 2. The third-order valence-electron chi connectivity index (χ3n) is 2.32. The van der Waals surface area contributed by atoms with Gasteiger partial charge in [0.05, 0.1) is 18.1 Å². The summed E-state index contributed by atoms with van der Waals surface area (Å²) in [4.78, 5) is 16.0. The fourth-order valence-electron chi connectivity index (χ4n) is 1.46. The average Bonchev–Trinajstić information content (AvgIpc) is 2.89. The van der Waals surface area contributed by atoms with Crippen molar-refractivity contribution in [3.8, 4) is 0 Å². The van der Waals surface area contributed by atoms with Crippen LogP contribution < -0.4 is 10.6 Å². The first-order chi connectivity index (χ1) is 8.31. The summed E-state index contributed by atoms with van der Waals surface area (Å²) in [7, 11) is 1.73. The van der Waals surface area contributed by atoms with Gasteiger partial charge in [0.1, 0.15) is 5.82 Å². The zero-order valence-electron chi connectivity index (χ0n) is 9.43. The third kappa shape index (κ3) is 2.63. The first-order valence-corrected chi connectivity index (χ1v) is 5.23. The van der Waals surface area contributed by atoms with Crippen molar-refractivity contribution >= 4 is 11.7 Å². The lowest BCUT2D eigenvalue weighted by atomic mass is 10.2. The highest BCUT2D eigenvalue weighted by Gasteiger charge is 2.10. The van der Waals surface area contributed by atoms with E-state index in [-0.39, 0.29) is 5.91 Å². The minimum absolute atomic E-state index is 0.163. The molecule has 0 radical (unpaired) electrons. The van der Waals surface area contributed by atoms with Crippen molar-refractivity contribution in [2.45, 2.75) is 6.54 Å². The van der Waals surface area contributed by atoms with Crippen molar-refractivity contribution in [3.63, 3.8) is 0 Å². The summed E-state index contributed by atoms with van der Waals surface area (Å²) in [5.74, 6) is 0.404. The molecule has 0 aliphatic rings. The van der Waals surface area contributed by atoms with Crippen LogP contribution in [0.25, 0.3) is 0 Å². The minimum Gasteiger partial charge on any atom is -0.472 e. The van der Waals surface area contributed by atoms with Crippen molar-refractivity contribution in [2.24, 2.45) is 0 Å². The maximum atomic E-state index is 11.9. The van der Waals surface area contributed by atoms with Crippen LogP contribution in [-0.4, -0.2) is 17.9 Å². The van der Waals surface area contributed by atoms with E-state index in [0.29, 0.717) is 17.9 Å². The van der Waals surface area contributed by atoms with Gasteiger partial charge in [0.25, 0.3) is 5.91 Å². The summed E-state index contributed by atoms with van der Waals surface area (Å²) in [6, 6.07) is 5.26. The van der Waals surface area contributed by atoms with E-state index in [4.69, 9.17) is 4.42 Å². The second-order valence-electron chi connectivity index (χ2n) is 3.46. The van der Waals surface area contributed by atoms with E-state index in [2.05, 4.69) is 15.6 Å². The summed E-state index contributed by atoms with van der Waals surface area (Å²) in [6.45, 7) is 0.438. The van der Waals surface area contributed by atoms with Gasteiger partial charge in [0, 0.05) is 25.4 Å². The fourth-order valence-corrected chi connectivity index (χ4v) is 1.46. The van der Waals surface area contributed by atoms with Gasteiger partial charge in [-0.15, -0.1) is 0 Å². The van der Waals surface area contributed by atoms with Gasteiger partial charge in [0.15, 0.2) is 0 Å². The van der Waals surface area contributed by atoms with Gasteiger partial charge in [0.2, 0.25) is 0 Å². The Balaban J connectivity index is 2.04. The Morgan fingerprint density at radius 1 is 1.47 bits per heavy atom. The van der Waals surface area contributed by atoms with E-state index in [0.717, 1.165) is 5.56 Å². The van der Waals surface area contributed by atoms with E-state index >= 15 is 0 Å². The molecule has 17 heavy (non-hydrogen) atoms. The predicted molar refractivity (Wildman–Crippen MR) is 63.7 cm³/mol. The summed E-state index contributed by atoms with van der Waals surface area (Å²) in [6.07, 6.45) is 4.81. The molecular formula is C12H13N3O2. The van der Waals surface area contributed by atoms with Crippen molar-refractivity contribution in [1.82, 2.24) is 10.3 Å². The first-order valence-electron chi connectivity index (χ1n) is 5.23. The van der Waals surface area contributed by atoms with Gasteiger partial charge < -0.3 is 15.1 Å². The number of nitrogens with one attached hydrogen (secondary N) is 2. The molecule has 5 heteroatoms. The number of nitrogens with zero attached hydrogens (tertiary/aromatic N) is 1. The third-order valence-corrected chi connectivity index (χ3v) is 2.32. The molecule has 0 fully saturated rings. The maximum absolute atomic E-state index is 11.9. The Morgan fingerprint density at radius 2 is 2.35 bits per heavy atom. The fraction of sp³-hybridized carbons (Fsp3) is 0.167. The molecule has 5 nitrogen and oxygen atoms in total. The SMILES string of the molecule is CNc1ncccc1C(=O)NCc1ccoc1. The molecule has 2 aromatic heterocycles. The largest absolute Gasteiger partial charge is 0.472 e. The summed E-state index contributed by atoms with van der Waals surface area (Å²) < 4.78 is 4.92. The monoisotopic (exact) mass is 231 g/mol.